The fourth-order valence-electron chi connectivity index (χ4n) is 2.88. The van der Waals surface area contributed by atoms with Crippen LogP contribution in [0.3, 0.4) is 0 Å². The molecule has 2 amide bonds. The van der Waals surface area contributed by atoms with E-state index in [1.54, 1.807) is 11.3 Å². The molecule has 2 aromatic rings. The first-order valence-corrected chi connectivity index (χ1v) is 11.0. The van der Waals surface area contributed by atoms with Crippen LogP contribution in [0.2, 0.25) is 0 Å². The molecular weight excluding hydrogens is 380 g/mol. The summed E-state index contributed by atoms with van der Waals surface area (Å²) in [6.07, 6.45) is 0.934. The molecule has 6 nitrogen and oxygen atoms in total. The predicted octanol–water partition coefficient (Wildman–Crippen LogP) is 3.14. The number of hydrogen-bond acceptors (Lipinski definition) is 6. The smallest absolute Gasteiger partial charge is 0.236 e. The van der Waals surface area contributed by atoms with Gasteiger partial charge in [0, 0.05) is 30.1 Å². The minimum absolute atomic E-state index is 0.109. The fourth-order valence-corrected chi connectivity index (χ4v) is 4.57. The third-order valence-electron chi connectivity index (χ3n) is 4.27. The molecule has 0 fully saturated rings. The number of benzene rings is 1. The molecule has 0 saturated heterocycles. The summed E-state index contributed by atoms with van der Waals surface area (Å²) >= 11 is 2.85. The van der Waals surface area contributed by atoms with Gasteiger partial charge in [0.25, 0.3) is 0 Å². The number of rotatable bonds is 7. The van der Waals surface area contributed by atoms with Crippen LogP contribution in [0.5, 0.6) is 0 Å². The third-order valence-corrected chi connectivity index (χ3v) is 6.20. The number of thiazole rings is 1. The lowest BCUT2D eigenvalue weighted by molar-refractivity contribution is -0.114. The van der Waals surface area contributed by atoms with Gasteiger partial charge in [-0.05, 0) is 31.2 Å². The Morgan fingerprint density at radius 3 is 2.78 bits per heavy atom. The second-order valence-corrected chi connectivity index (χ2v) is 8.54. The Balaban J connectivity index is 1.41. The van der Waals surface area contributed by atoms with Crippen LogP contribution in [-0.4, -0.2) is 46.3 Å². The van der Waals surface area contributed by atoms with Gasteiger partial charge in [0.1, 0.15) is 0 Å². The first-order valence-electron chi connectivity index (χ1n) is 8.98. The zero-order valence-corrected chi connectivity index (χ0v) is 17.2. The highest BCUT2D eigenvalue weighted by molar-refractivity contribution is 8.00. The largest absolute Gasteiger partial charge is 0.325 e. The van der Waals surface area contributed by atoms with Gasteiger partial charge in [-0.2, -0.15) is 0 Å². The topological polar surface area (TPSA) is 74.3 Å². The molecule has 2 heterocycles. The number of anilines is 2. The molecule has 0 atom stereocenters. The summed E-state index contributed by atoms with van der Waals surface area (Å²) < 4.78 is 0. The van der Waals surface area contributed by atoms with Crippen molar-refractivity contribution < 1.29 is 9.59 Å². The Morgan fingerprint density at radius 1 is 1.26 bits per heavy atom. The van der Waals surface area contributed by atoms with Crippen molar-refractivity contribution in [3.8, 4) is 0 Å². The van der Waals surface area contributed by atoms with Gasteiger partial charge < -0.3 is 10.6 Å². The molecule has 0 unspecified atom stereocenters. The molecule has 27 heavy (non-hydrogen) atoms. The number of aromatic nitrogens is 1. The SMILES string of the molecule is CCN1CCc2nc(NC(=O)CSCC(=O)Nc3cccc(C)c3)sc2C1. The second kappa shape index (κ2) is 9.34. The van der Waals surface area contributed by atoms with Gasteiger partial charge in [-0.3, -0.25) is 14.5 Å². The number of amides is 2. The van der Waals surface area contributed by atoms with E-state index in [-0.39, 0.29) is 23.3 Å². The Kier molecular flexibility index (Phi) is 6.87. The zero-order chi connectivity index (χ0) is 19.2. The van der Waals surface area contributed by atoms with Crippen molar-refractivity contribution in [3.05, 3.63) is 40.4 Å². The van der Waals surface area contributed by atoms with Gasteiger partial charge in [-0.25, -0.2) is 4.98 Å². The minimum atomic E-state index is -0.123. The van der Waals surface area contributed by atoms with Crippen molar-refractivity contribution in [2.24, 2.45) is 0 Å². The number of likely N-dealkylation sites (N-methyl/N-ethyl adjacent to an activating group) is 1. The van der Waals surface area contributed by atoms with Crippen LogP contribution in [0, 0.1) is 6.92 Å². The molecule has 0 saturated carbocycles. The van der Waals surface area contributed by atoms with Crippen LogP contribution >= 0.6 is 23.1 Å². The highest BCUT2D eigenvalue weighted by Gasteiger charge is 2.20. The lowest BCUT2D eigenvalue weighted by Crippen LogP contribution is -2.29. The van der Waals surface area contributed by atoms with Gasteiger partial charge in [0.05, 0.1) is 17.2 Å². The highest BCUT2D eigenvalue weighted by Crippen LogP contribution is 2.28. The monoisotopic (exact) mass is 404 g/mol. The molecule has 8 heteroatoms. The van der Waals surface area contributed by atoms with Crippen molar-refractivity contribution in [2.75, 3.05) is 35.2 Å². The van der Waals surface area contributed by atoms with Crippen molar-refractivity contribution >= 4 is 45.7 Å². The first kappa shape index (κ1) is 19.9. The normalized spacial score (nSPS) is 13.9. The molecule has 2 N–H and O–H groups in total. The number of fused-ring (bicyclic) bond motifs is 1. The van der Waals surface area contributed by atoms with Crippen molar-refractivity contribution in [1.29, 1.82) is 0 Å². The molecule has 3 rings (SSSR count). The fraction of sp³-hybridized carbons (Fsp3) is 0.421. The predicted molar refractivity (Wildman–Crippen MR) is 113 cm³/mol. The summed E-state index contributed by atoms with van der Waals surface area (Å²) in [6, 6.07) is 7.65. The molecular formula is C19H24N4O2S2. The average Bonchev–Trinajstić information content (AvgIpc) is 3.02. The Bertz CT molecular complexity index is 822. The van der Waals surface area contributed by atoms with E-state index in [9.17, 15) is 9.59 Å². The van der Waals surface area contributed by atoms with Crippen LogP contribution in [0.25, 0.3) is 0 Å². The standard InChI is InChI=1S/C19H24N4O2S2/c1-3-23-8-7-15-16(10-23)27-19(21-15)22-18(25)12-26-11-17(24)20-14-6-4-5-13(2)9-14/h4-6,9H,3,7-8,10-12H2,1-2H3,(H,20,24)(H,21,22,25). The maximum absolute atomic E-state index is 12.1. The van der Waals surface area contributed by atoms with Crippen molar-refractivity contribution in [3.63, 3.8) is 0 Å². The Hall–Kier alpha value is -1.90. The van der Waals surface area contributed by atoms with E-state index >= 15 is 0 Å². The van der Waals surface area contributed by atoms with Crippen LogP contribution in [0.15, 0.2) is 24.3 Å². The first-order chi connectivity index (χ1) is 13.0. The summed E-state index contributed by atoms with van der Waals surface area (Å²) in [5, 5.41) is 6.36. The van der Waals surface area contributed by atoms with E-state index in [2.05, 4.69) is 27.4 Å². The van der Waals surface area contributed by atoms with E-state index in [1.165, 1.54) is 16.6 Å². The number of hydrogen-bond donors (Lipinski definition) is 2. The van der Waals surface area contributed by atoms with Crippen LogP contribution in [0.1, 0.15) is 23.1 Å². The number of nitrogens with zero attached hydrogens (tertiary/aromatic N) is 2. The van der Waals surface area contributed by atoms with E-state index in [0.29, 0.717) is 5.13 Å². The molecule has 1 aliphatic heterocycles. The summed E-state index contributed by atoms with van der Waals surface area (Å²) in [5.41, 5.74) is 2.97. The number of carbonyl (C=O) groups excluding carboxylic acids is 2. The number of nitrogens with one attached hydrogen (secondary N) is 2. The summed E-state index contributed by atoms with van der Waals surface area (Å²) in [6.45, 7) is 7.09. The van der Waals surface area contributed by atoms with Crippen LogP contribution < -0.4 is 10.6 Å². The van der Waals surface area contributed by atoms with E-state index in [0.717, 1.165) is 43.0 Å². The Labute approximate surface area is 167 Å². The minimum Gasteiger partial charge on any atom is -0.325 e. The Morgan fingerprint density at radius 2 is 2.04 bits per heavy atom. The van der Waals surface area contributed by atoms with Crippen molar-refractivity contribution in [2.45, 2.75) is 26.8 Å². The van der Waals surface area contributed by atoms with Gasteiger partial charge >= 0.3 is 0 Å². The molecule has 0 spiro atoms. The lowest BCUT2D eigenvalue weighted by Gasteiger charge is -2.23. The van der Waals surface area contributed by atoms with Gasteiger partial charge in [-0.15, -0.1) is 23.1 Å². The van der Waals surface area contributed by atoms with Crippen molar-refractivity contribution in [1.82, 2.24) is 9.88 Å². The second-order valence-electron chi connectivity index (χ2n) is 6.47. The van der Waals surface area contributed by atoms with Gasteiger partial charge in [0.15, 0.2) is 5.13 Å². The van der Waals surface area contributed by atoms with Gasteiger partial charge in [-0.1, -0.05) is 19.1 Å². The average molecular weight is 405 g/mol. The highest BCUT2D eigenvalue weighted by atomic mass is 32.2. The summed E-state index contributed by atoms with van der Waals surface area (Å²) in [7, 11) is 0. The maximum Gasteiger partial charge on any atom is 0.236 e. The molecule has 1 aromatic heterocycles. The number of carbonyl (C=O) groups is 2. The summed E-state index contributed by atoms with van der Waals surface area (Å²) in [5.74, 6) is 0.234. The molecule has 0 bridgehead atoms. The van der Waals surface area contributed by atoms with Gasteiger partial charge in [0.2, 0.25) is 11.8 Å². The molecule has 0 radical (unpaired) electrons. The molecule has 1 aliphatic rings. The molecule has 0 aliphatic carbocycles. The number of thioether (sulfide) groups is 1. The lowest BCUT2D eigenvalue weighted by atomic mass is 10.2. The number of aryl methyl sites for hydroxylation is 1. The third kappa shape index (κ3) is 5.79. The molecule has 1 aromatic carbocycles. The zero-order valence-electron chi connectivity index (χ0n) is 15.6. The van der Waals surface area contributed by atoms with E-state index in [1.807, 2.05) is 31.2 Å². The van der Waals surface area contributed by atoms with E-state index in [4.69, 9.17) is 0 Å². The quantitative estimate of drug-likeness (QED) is 0.742. The van der Waals surface area contributed by atoms with Crippen LogP contribution in [0.4, 0.5) is 10.8 Å². The summed E-state index contributed by atoms with van der Waals surface area (Å²) in [4.78, 5) is 32.2. The molecule has 144 valence electrons. The van der Waals surface area contributed by atoms with Crippen LogP contribution in [-0.2, 0) is 22.6 Å². The van der Waals surface area contributed by atoms with E-state index < -0.39 is 0 Å². The maximum atomic E-state index is 12.1.